The Bertz CT molecular complexity index is 5660. The Morgan fingerprint density at radius 3 is 1.66 bits per heavy atom. The second-order valence-corrected chi connectivity index (χ2v) is 22.5. The molecular formula is C75H43N5O2S. The molecule has 18 rings (SSSR count). The molecule has 0 bridgehead atoms. The van der Waals surface area contributed by atoms with Crippen LogP contribution in [0.4, 0.5) is 0 Å². The Morgan fingerprint density at radius 2 is 0.843 bits per heavy atom. The maximum atomic E-state index is 6.76. The van der Waals surface area contributed by atoms with Crippen molar-refractivity contribution >= 4 is 119 Å². The fourth-order valence-corrected chi connectivity index (χ4v) is 14.2. The van der Waals surface area contributed by atoms with Crippen molar-refractivity contribution in [2.24, 2.45) is 0 Å². The van der Waals surface area contributed by atoms with Gasteiger partial charge in [0.1, 0.15) is 22.3 Å². The maximum Gasteiger partial charge on any atom is 0.164 e. The number of fused-ring (bicyclic) bond motifs is 15. The van der Waals surface area contributed by atoms with Gasteiger partial charge >= 0.3 is 0 Å². The predicted molar refractivity (Wildman–Crippen MR) is 343 cm³/mol. The van der Waals surface area contributed by atoms with E-state index < -0.39 is 0 Å². The normalized spacial score (nSPS) is 12.1. The lowest BCUT2D eigenvalue weighted by Crippen LogP contribution is -2.00. The molecule has 0 N–H and O–H groups in total. The number of furan rings is 2. The highest BCUT2D eigenvalue weighted by atomic mass is 32.1. The van der Waals surface area contributed by atoms with Crippen molar-refractivity contribution in [1.82, 2.24) is 24.1 Å². The van der Waals surface area contributed by atoms with Gasteiger partial charge in [0, 0.05) is 97.4 Å². The third-order valence-electron chi connectivity index (χ3n) is 16.8. The summed E-state index contributed by atoms with van der Waals surface area (Å²) < 4.78 is 20.8. The molecule has 0 saturated heterocycles. The van der Waals surface area contributed by atoms with Gasteiger partial charge in [-0.25, -0.2) is 15.0 Å². The van der Waals surface area contributed by atoms with Crippen LogP contribution in [0.3, 0.4) is 0 Å². The van der Waals surface area contributed by atoms with Crippen LogP contribution in [0.2, 0.25) is 0 Å². The average Bonchev–Trinajstić information content (AvgIpc) is 3.73. The fourth-order valence-electron chi connectivity index (χ4n) is 13.0. The molecule has 18 aromatic rings. The molecule has 8 heteroatoms. The first-order valence-corrected chi connectivity index (χ1v) is 28.7. The fraction of sp³-hybridized carbons (Fsp3) is 0. The van der Waals surface area contributed by atoms with E-state index in [2.05, 4.69) is 228 Å². The quantitative estimate of drug-likeness (QED) is 0.159. The summed E-state index contributed by atoms with van der Waals surface area (Å²) >= 11 is 1.87. The van der Waals surface area contributed by atoms with Crippen LogP contribution in [0.25, 0.3) is 175 Å². The zero-order chi connectivity index (χ0) is 54.3. The van der Waals surface area contributed by atoms with Crippen molar-refractivity contribution in [3.8, 4) is 67.8 Å². The minimum absolute atomic E-state index is 0.542. The van der Waals surface area contributed by atoms with Crippen LogP contribution in [0.15, 0.2) is 270 Å². The first-order valence-electron chi connectivity index (χ1n) is 27.9. The lowest BCUT2D eigenvalue weighted by Gasteiger charge is -2.10. The third-order valence-corrected chi connectivity index (χ3v) is 18.0. The summed E-state index contributed by atoms with van der Waals surface area (Å²) in [6.07, 6.45) is 0. The number of rotatable bonds is 7. The Kier molecular flexibility index (Phi) is 9.83. The van der Waals surface area contributed by atoms with Gasteiger partial charge in [0.15, 0.2) is 17.5 Å². The van der Waals surface area contributed by atoms with Crippen molar-refractivity contribution in [3.63, 3.8) is 0 Å². The first kappa shape index (κ1) is 45.9. The lowest BCUT2D eigenvalue weighted by molar-refractivity contribution is 0.668. The summed E-state index contributed by atoms with van der Waals surface area (Å²) in [5.41, 5.74) is 17.1. The van der Waals surface area contributed by atoms with E-state index >= 15 is 0 Å². The first-order chi connectivity index (χ1) is 41.1. The van der Waals surface area contributed by atoms with Gasteiger partial charge in [-0.15, -0.1) is 11.3 Å². The van der Waals surface area contributed by atoms with Crippen LogP contribution < -0.4 is 0 Å². The Labute approximate surface area is 477 Å². The molecule has 7 nitrogen and oxygen atoms in total. The highest BCUT2D eigenvalue weighted by molar-refractivity contribution is 7.26. The van der Waals surface area contributed by atoms with Crippen molar-refractivity contribution < 1.29 is 8.83 Å². The highest BCUT2D eigenvalue weighted by Gasteiger charge is 2.22. The van der Waals surface area contributed by atoms with Gasteiger partial charge in [-0.2, -0.15) is 0 Å². The number of hydrogen-bond donors (Lipinski definition) is 0. The molecule has 0 spiro atoms. The summed E-state index contributed by atoms with van der Waals surface area (Å²) in [5, 5.41) is 11.4. The second-order valence-electron chi connectivity index (χ2n) is 21.4. The van der Waals surface area contributed by atoms with E-state index in [4.69, 9.17) is 23.8 Å². The van der Waals surface area contributed by atoms with E-state index in [0.717, 1.165) is 105 Å². The van der Waals surface area contributed by atoms with E-state index in [1.54, 1.807) is 0 Å². The molecule has 0 aliphatic carbocycles. The zero-order valence-electron chi connectivity index (χ0n) is 44.3. The Hall–Kier alpha value is -10.9. The molecule has 12 aromatic carbocycles. The molecule has 0 saturated carbocycles. The summed E-state index contributed by atoms with van der Waals surface area (Å²) in [6.45, 7) is 0. The van der Waals surface area contributed by atoms with Crippen molar-refractivity contribution in [1.29, 1.82) is 0 Å². The van der Waals surface area contributed by atoms with Gasteiger partial charge in [0.25, 0.3) is 0 Å². The number of hydrogen-bond acceptors (Lipinski definition) is 6. The van der Waals surface area contributed by atoms with Gasteiger partial charge in [-0.1, -0.05) is 164 Å². The molecular weight excluding hydrogens is 1030 g/mol. The number of benzene rings is 12. The summed E-state index contributed by atoms with van der Waals surface area (Å²) in [5.74, 6) is 1.66. The summed E-state index contributed by atoms with van der Waals surface area (Å²) in [4.78, 5) is 15.7. The maximum absolute atomic E-state index is 6.76. The average molecular weight is 1080 g/mol. The van der Waals surface area contributed by atoms with Gasteiger partial charge in [0.05, 0.1) is 22.1 Å². The van der Waals surface area contributed by atoms with Crippen molar-refractivity contribution in [2.75, 3.05) is 0 Å². The summed E-state index contributed by atoms with van der Waals surface area (Å²) in [6, 6.07) is 92.7. The zero-order valence-corrected chi connectivity index (χ0v) is 45.1. The molecule has 0 fully saturated rings. The number of para-hydroxylation sites is 3. The van der Waals surface area contributed by atoms with E-state index in [1.165, 1.54) is 52.8 Å². The minimum atomic E-state index is 0.542. The molecule has 0 unspecified atom stereocenters. The molecule has 6 heterocycles. The van der Waals surface area contributed by atoms with Gasteiger partial charge < -0.3 is 18.0 Å². The molecule has 83 heavy (non-hydrogen) atoms. The van der Waals surface area contributed by atoms with Gasteiger partial charge in [0.2, 0.25) is 0 Å². The van der Waals surface area contributed by atoms with E-state index in [9.17, 15) is 0 Å². The van der Waals surface area contributed by atoms with E-state index in [0.29, 0.717) is 17.5 Å². The van der Waals surface area contributed by atoms with Gasteiger partial charge in [-0.3, -0.25) is 0 Å². The van der Waals surface area contributed by atoms with Crippen LogP contribution in [0.1, 0.15) is 0 Å². The van der Waals surface area contributed by atoms with Gasteiger partial charge in [-0.05, 0) is 113 Å². The van der Waals surface area contributed by atoms with Crippen molar-refractivity contribution in [2.45, 2.75) is 0 Å². The summed E-state index contributed by atoms with van der Waals surface area (Å²) in [7, 11) is 0. The lowest BCUT2D eigenvalue weighted by atomic mass is 9.98. The minimum Gasteiger partial charge on any atom is -0.456 e. The van der Waals surface area contributed by atoms with Crippen LogP contribution in [-0.4, -0.2) is 24.1 Å². The Morgan fingerprint density at radius 1 is 0.277 bits per heavy atom. The predicted octanol–water partition coefficient (Wildman–Crippen LogP) is 20.6. The molecule has 386 valence electrons. The van der Waals surface area contributed by atoms with Crippen molar-refractivity contribution in [3.05, 3.63) is 261 Å². The second kappa shape index (κ2) is 17.8. The smallest absolute Gasteiger partial charge is 0.164 e. The van der Waals surface area contributed by atoms with E-state index in [-0.39, 0.29) is 0 Å². The topological polar surface area (TPSA) is 74.8 Å². The van der Waals surface area contributed by atoms with Crippen LogP contribution in [0.5, 0.6) is 0 Å². The molecule has 0 amide bonds. The van der Waals surface area contributed by atoms with Crippen LogP contribution in [0, 0.1) is 0 Å². The molecule has 0 aliphatic heterocycles. The third kappa shape index (κ3) is 7.06. The molecule has 6 aromatic heterocycles. The number of nitrogens with zero attached hydrogens (tertiary/aromatic N) is 5. The van der Waals surface area contributed by atoms with Crippen LogP contribution >= 0.6 is 11.3 Å². The molecule has 0 atom stereocenters. The Balaban J connectivity index is 0.759. The highest BCUT2D eigenvalue weighted by Crippen LogP contribution is 2.45. The molecule has 0 aliphatic rings. The standard InChI is InChI=1S/C75H43N5O2S/c1-3-15-44(16-4-1)73-76-74(48-30-35-55-56-36-33-50(43-69(56)82-68(55)42-48)80-62-25-10-7-19-52(62)53-20-8-11-26-63(53)80)78-75(77-73)59-24-14-27-67-71(59)61-40-46(32-38-66(61)81-67)45-31-37-64-60(39-45)54-34-29-47(41-65(54)79(64)49-17-5-2-6-18-49)51-22-13-23-58-57-21-9-12-28-70(57)83-72(51)58/h1-43H. The largest absolute Gasteiger partial charge is 0.456 e. The SMILES string of the molecule is c1ccc(-c2nc(-c3ccc4c(c3)oc3cc(-n5c6ccccc6c6ccccc65)ccc34)nc(-c3cccc4oc5ccc(-c6ccc7c(c6)c6ccc(-c8cccc9c8sc8ccccc89)cc6n7-c6ccccc6)cc5c34)n2)cc1. The number of aromatic nitrogens is 5. The molecule has 0 radical (unpaired) electrons. The van der Waals surface area contributed by atoms with E-state index in [1.807, 2.05) is 53.8 Å². The monoisotopic (exact) mass is 1080 g/mol. The van der Waals surface area contributed by atoms with Crippen LogP contribution in [-0.2, 0) is 0 Å². The number of thiophene rings is 1.